The number of amides is 2. The highest BCUT2D eigenvalue weighted by Crippen LogP contribution is 2.36. The van der Waals surface area contributed by atoms with Crippen LogP contribution in [0.1, 0.15) is 45.6 Å². The molecule has 6 heteroatoms. The molecule has 3 aliphatic heterocycles. The molecule has 2 fully saturated rings. The van der Waals surface area contributed by atoms with Crippen LogP contribution in [0.3, 0.4) is 0 Å². The third-order valence-electron chi connectivity index (χ3n) is 6.19. The van der Waals surface area contributed by atoms with Crippen LogP contribution in [0.15, 0.2) is 30.0 Å². The van der Waals surface area contributed by atoms with Gasteiger partial charge in [-0.05, 0) is 55.7 Å². The first-order valence-electron chi connectivity index (χ1n) is 11.2. The van der Waals surface area contributed by atoms with Gasteiger partial charge in [0.25, 0.3) is 11.8 Å². The molecule has 2 amide bonds. The van der Waals surface area contributed by atoms with E-state index in [9.17, 15) is 9.59 Å². The zero-order valence-corrected chi connectivity index (χ0v) is 18.2. The number of likely N-dealkylation sites (tertiary alicyclic amines) is 1. The highest BCUT2D eigenvalue weighted by Gasteiger charge is 2.43. The Morgan fingerprint density at radius 3 is 2.37 bits per heavy atom. The Hall–Kier alpha value is -2.34. The van der Waals surface area contributed by atoms with Crippen molar-refractivity contribution in [3.8, 4) is 5.75 Å². The number of rotatable bonds is 6. The lowest BCUT2D eigenvalue weighted by Crippen LogP contribution is -2.43. The van der Waals surface area contributed by atoms with Crippen molar-refractivity contribution in [1.82, 2.24) is 9.80 Å². The maximum absolute atomic E-state index is 13.5. The van der Waals surface area contributed by atoms with E-state index in [2.05, 4.69) is 18.7 Å². The Labute approximate surface area is 178 Å². The van der Waals surface area contributed by atoms with Crippen molar-refractivity contribution in [2.24, 2.45) is 11.8 Å². The number of hydrogen-bond donors (Lipinski definition) is 0. The Morgan fingerprint density at radius 2 is 1.77 bits per heavy atom. The summed E-state index contributed by atoms with van der Waals surface area (Å²) in [6.07, 6.45) is 2.96. The Kier molecular flexibility index (Phi) is 6.14. The van der Waals surface area contributed by atoms with Gasteiger partial charge in [-0.1, -0.05) is 26.0 Å². The van der Waals surface area contributed by atoms with Crippen LogP contribution in [0.2, 0.25) is 0 Å². The second kappa shape index (κ2) is 8.80. The molecule has 0 saturated carbocycles. The van der Waals surface area contributed by atoms with E-state index in [1.165, 1.54) is 4.90 Å². The number of hydrogen-bond acceptors (Lipinski definition) is 5. The number of nitrogens with zero attached hydrogens (tertiary/aromatic N) is 2. The number of ether oxygens (including phenoxy) is 2. The quantitative estimate of drug-likeness (QED) is 0.671. The van der Waals surface area contributed by atoms with Crippen molar-refractivity contribution < 1.29 is 19.1 Å². The smallest absolute Gasteiger partial charge is 0.277 e. The van der Waals surface area contributed by atoms with E-state index >= 15 is 0 Å². The third kappa shape index (κ3) is 4.10. The number of piperidine rings is 1. The fourth-order valence-corrected chi connectivity index (χ4v) is 5.00. The minimum Gasteiger partial charge on any atom is -0.494 e. The summed E-state index contributed by atoms with van der Waals surface area (Å²) in [5, 5.41) is 0. The predicted molar refractivity (Wildman–Crippen MR) is 115 cm³/mol. The topological polar surface area (TPSA) is 59.1 Å². The molecule has 0 spiro atoms. The molecule has 4 rings (SSSR count). The molecule has 0 aromatic heterocycles. The van der Waals surface area contributed by atoms with E-state index in [0.717, 1.165) is 43.7 Å². The summed E-state index contributed by atoms with van der Waals surface area (Å²) < 4.78 is 11.3. The highest BCUT2D eigenvalue weighted by atomic mass is 16.5. The monoisotopic (exact) mass is 412 g/mol. The molecule has 162 valence electrons. The van der Waals surface area contributed by atoms with Crippen molar-refractivity contribution >= 4 is 17.4 Å². The summed E-state index contributed by atoms with van der Waals surface area (Å²) in [7, 11) is 0. The van der Waals surface area contributed by atoms with Crippen LogP contribution in [-0.4, -0.2) is 60.6 Å². The van der Waals surface area contributed by atoms with E-state index in [1.54, 1.807) is 0 Å². The van der Waals surface area contributed by atoms with Gasteiger partial charge >= 0.3 is 0 Å². The van der Waals surface area contributed by atoms with Crippen molar-refractivity contribution in [1.29, 1.82) is 0 Å². The lowest BCUT2D eigenvalue weighted by atomic mass is 9.91. The molecule has 0 bridgehead atoms. The summed E-state index contributed by atoms with van der Waals surface area (Å²) in [6, 6.07) is 7.51. The van der Waals surface area contributed by atoms with E-state index < -0.39 is 0 Å². The fraction of sp³-hybridized carbons (Fsp3) is 0.583. The van der Waals surface area contributed by atoms with Crippen LogP contribution >= 0.6 is 0 Å². The van der Waals surface area contributed by atoms with Crippen molar-refractivity contribution in [2.75, 3.05) is 32.8 Å². The largest absolute Gasteiger partial charge is 0.494 e. The summed E-state index contributed by atoms with van der Waals surface area (Å²) in [5.41, 5.74) is 1.84. The van der Waals surface area contributed by atoms with Crippen LogP contribution in [-0.2, 0) is 14.3 Å². The molecule has 1 aromatic rings. The van der Waals surface area contributed by atoms with Crippen LogP contribution < -0.4 is 4.74 Å². The van der Waals surface area contributed by atoms with Crippen molar-refractivity contribution in [3.63, 3.8) is 0 Å². The van der Waals surface area contributed by atoms with Gasteiger partial charge in [-0.2, -0.15) is 0 Å². The van der Waals surface area contributed by atoms with Crippen LogP contribution in [0.25, 0.3) is 5.57 Å². The van der Waals surface area contributed by atoms with Gasteiger partial charge in [0.1, 0.15) is 11.4 Å². The summed E-state index contributed by atoms with van der Waals surface area (Å²) in [6.45, 7) is 9.59. The van der Waals surface area contributed by atoms with E-state index in [1.807, 2.05) is 31.2 Å². The molecule has 3 unspecified atom stereocenters. The van der Waals surface area contributed by atoms with Crippen LogP contribution in [0, 0.1) is 11.8 Å². The maximum atomic E-state index is 13.5. The first-order valence-corrected chi connectivity index (χ1v) is 11.2. The highest BCUT2D eigenvalue weighted by molar-refractivity contribution is 6.35. The molecule has 3 atom stereocenters. The standard InChI is InChI=1S/C24H32N2O4/c1-4-29-19-9-7-18(8-10-19)21-22(25-13-16(2)12-17(3)14-25)24(28)26(23(21)27)15-20-6-5-11-30-20/h7-10,16-17,20H,4-6,11-15H2,1-3H3. The predicted octanol–water partition coefficient (Wildman–Crippen LogP) is 3.32. The zero-order valence-electron chi connectivity index (χ0n) is 18.2. The molecule has 30 heavy (non-hydrogen) atoms. The minimum absolute atomic E-state index is 0.0574. The normalized spacial score (nSPS) is 27.4. The number of carbonyl (C=O) groups is 2. The van der Waals surface area contributed by atoms with Gasteiger partial charge in [-0.15, -0.1) is 0 Å². The minimum atomic E-state index is -0.208. The van der Waals surface area contributed by atoms with Crippen molar-refractivity contribution in [3.05, 3.63) is 35.5 Å². The lowest BCUT2D eigenvalue weighted by Gasteiger charge is -2.37. The molecule has 0 aliphatic carbocycles. The van der Waals surface area contributed by atoms with Gasteiger partial charge in [0.05, 0.1) is 24.8 Å². The summed E-state index contributed by atoms with van der Waals surface area (Å²) in [5.74, 6) is 1.34. The van der Waals surface area contributed by atoms with Crippen LogP contribution in [0.5, 0.6) is 5.75 Å². The second-order valence-electron chi connectivity index (χ2n) is 8.89. The Balaban J connectivity index is 1.69. The van der Waals surface area contributed by atoms with Crippen LogP contribution in [0.4, 0.5) is 0 Å². The zero-order chi connectivity index (χ0) is 21.3. The number of imide groups is 1. The average Bonchev–Trinajstić information content (AvgIpc) is 3.30. The third-order valence-corrected chi connectivity index (χ3v) is 6.19. The van der Waals surface area contributed by atoms with E-state index in [0.29, 0.717) is 42.9 Å². The van der Waals surface area contributed by atoms with Gasteiger partial charge in [0.15, 0.2) is 0 Å². The molecule has 0 radical (unpaired) electrons. The lowest BCUT2D eigenvalue weighted by molar-refractivity contribution is -0.139. The molecular formula is C24H32N2O4. The Morgan fingerprint density at radius 1 is 1.07 bits per heavy atom. The molecule has 0 N–H and O–H groups in total. The fourth-order valence-electron chi connectivity index (χ4n) is 5.00. The maximum Gasteiger partial charge on any atom is 0.277 e. The van der Waals surface area contributed by atoms with Gasteiger partial charge in [0.2, 0.25) is 0 Å². The second-order valence-corrected chi connectivity index (χ2v) is 8.89. The van der Waals surface area contributed by atoms with Gasteiger partial charge in [0, 0.05) is 19.7 Å². The molecule has 3 heterocycles. The van der Waals surface area contributed by atoms with Gasteiger partial charge in [-0.25, -0.2) is 0 Å². The first-order chi connectivity index (χ1) is 14.5. The molecular weight excluding hydrogens is 380 g/mol. The molecule has 3 aliphatic rings. The SMILES string of the molecule is CCOc1ccc(C2=C(N3CC(C)CC(C)C3)C(=O)N(CC3CCCO3)C2=O)cc1. The average molecular weight is 413 g/mol. The van der Waals surface area contributed by atoms with Gasteiger partial charge in [-0.3, -0.25) is 14.5 Å². The summed E-state index contributed by atoms with van der Waals surface area (Å²) >= 11 is 0. The summed E-state index contributed by atoms with van der Waals surface area (Å²) in [4.78, 5) is 30.5. The molecule has 1 aromatic carbocycles. The molecule has 2 saturated heterocycles. The number of carbonyl (C=O) groups excluding carboxylic acids is 2. The van der Waals surface area contributed by atoms with Gasteiger partial charge < -0.3 is 14.4 Å². The Bertz CT molecular complexity index is 816. The van der Waals surface area contributed by atoms with E-state index in [4.69, 9.17) is 9.47 Å². The first kappa shape index (κ1) is 20.9. The van der Waals surface area contributed by atoms with Crippen molar-refractivity contribution in [2.45, 2.75) is 46.1 Å². The number of benzene rings is 1. The van der Waals surface area contributed by atoms with E-state index in [-0.39, 0.29) is 17.9 Å². The molecule has 6 nitrogen and oxygen atoms in total.